The lowest BCUT2D eigenvalue weighted by Gasteiger charge is -2.06. The van der Waals surface area contributed by atoms with Crippen LogP contribution in [-0.2, 0) is 13.0 Å². The van der Waals surface area contributed by atoms with Crippen LogP contribution < -0.4 is 10.5 Å². The molecule has 5 heteroatoms. The molecular weight excluding hydrogens is 234 g/mol. The van der Waals surface area contributed by atoms with Gasteiger partial charge >= 0.3 is 0 Å². The summed E-state index contributed by atoms with van der Waals surface area (Å²) in [6.07, 6.45) is 2.51. The molecule has 2 aromatic heterocycles. The zero-order valence-corrected chi connectivity index (χ0v) is 10.5. The molecule has 1 atom stereocenters. The van der Waals surface area contributed by atoms with Crippen LogP contribution >= 0.6 is 11.3 Å². The Morgan fingerprint density at radius 2 is 2.24 bits per heavy atom. The molecule has 0 aromatic carbocycles. The predicted molar refractivity (Wildman–Crippen MR) is 68.0 cm³/mol. The predicted octanol–water partition coefficient (Wildman–Crippen LogP) is 2.01. The highest BCUT2D eigenvalue weighted by molar-refractivity contribution is 7.07. The summed E-state index contributed by atoms with van der Waals surface area (Å²) in [5.41, 5.74) is 9.43. The number of hydrogen-bond acceptors (Lipinski definition) is 5. The molecule has 4 nitrogen and oxygen atoms in total. The average Bonchev–Trinajstić information content (AvgIpc) is 2.80. The van der Waals surface area contributed by atoms with E-state index in [0.29, 0.717) is 6.61 Å². The number of nitrogens with zero attached hydrogens (tertiary/aromatic N) is 2. The van der Waals surface area contributed by atoms with Gasteiger partial charge in [0.2, 0.25) is 0 Å². The monoisotopic (exact) mass is 249 g/mol. The van der Waals surface area contributed by atoms with E-state index in [9.17, 15) is 0 Å². The van der Waals surface area contributed by atoms with E-state index >= 15 is 0 Å². The summed E-state index contributed by atoms with van der Waals surface area (Å²) < 4.78 is 5.56. The molecule has 0 saturated carbocycles. The van der Waals surface area contributed by atoms with Gasteiger partial charge in [0.1, 0.15) is 12.4 Å². The van der Waals surface area contributed by atoms with Crippen LogP contribution in [0.1, 0.15) is 18.3 Å². The van der Waals surface area contributed by atoms with Gasteiger partial charge in [0, 0.05) is 23.5 Å². The van der Waals surface area contributed by atoms with Crippen LogP contribution in [0.3, 0.4) is 0 Å². The Morgan fingerprint density at radius 1 is 1.35 bits per heavy atom. The lowest BCUT2D eigenvalue weighted by atomic mass is 10.2. The van der Waals surface area contributed by atoms with Gasteiger partial charge in [-0.1, -0.05) is 0 Å². The van der Waals surface area contributed by atoms with E-state index in [2.05, 4.69) is 9.97 Å². The second kappa shape index (κ2) is 5.75. The SMILES string of the molecule is CC(N)Cc1ccc(OCc2cscn2)cn1. The van der Waals surface area contributed by atoms with Gasteiger partial charge < -0.3 is 10.5 Å². The molecule has 0 amide bonds. The van der Waals surface area contributed by atoms with E-state index < -0.39 is 0 Å². The zero-order chi connectivity index (χ0) is 12.1. The van der Waals surface area contributed by atoms with E-state index in [1.165, 1.54) is 0 Å². The van der Waals surface area contributed by atoms with Gasteiger partial charge in [-0.15, -0.1) is 11.3 Å². The zero-order valence-electron chi connectivity index (χ0n) is 9.67. The average molecular weight is 249 g/mol. The summed E-state index contributed by atoms with van der Waals surface area (Å²) in [6, 6.07) is 3.99. The summed E-state index contributed by atoms with van der Waals surface area (Å²) in [4.78, 5) is 8.44. The van der Waals surface area contributed by atoms with E-state index in [-0.39, 0.29) is 6.04 Å². The van der Waals surface area contributed by atoms with Gasteiger partial charge in [0.05, 0.1) is 17.4 Å². The first-order chi connectivity index (χ1) is 8.24. The molecule has 0 aliphatic heterocycles. The second-order valence-electron chi connectivity index (χ2n) is 3.94. The molecule has 0 fully saturated rings. The minimum absolute atomic E-state index is 0.129. The van der Waals surface area contributed by atoms with Crippen molar-refractivity contribution in [1.29, 1.82) is 0 Å². The Balaban J connectivity index is 1.89. The topological polar surface area (TPSA) is 61.0 Å². The maximum Gasteiger partial charge on any atom is 0.138 e. The summed E-state index contributed by atoms with van der Waals surface area (Å²) in [5.74, 6) is 0.756. The Bertz CT molecular complexity index is 439. The minimum atomic E-state index is 0.129. The van der Waals surface area contributed by atoms with Gasteiger partial charge in [0.25, 0.3) is 0 Å². The first-order valence-electron chi connectivity index (χ1n) is 5.44. The van der Waals surface area contributed by atoms with Crippen molar-refractivity contribution in [3.63, 3.8) is 0 Å². The van der Waals surface area contributed by atoms with Gasteiger partial charge in [0.15, 0.2) is 0 Å². The van der Waals surface area contributed by atoms with Crippen molar-refractivity contribution in [2.75, 3.05) is 0 Å². The van der Waals surface area contributed by atoms with E-state index in [0.717, 1.165) is 23.6 Å². The van der Waals surface area contributed by atoms with Crippen molar-refractivity contribution < 1.29 is 4.74 Å². The fourth-order valence-corrected chi connectivity index (χ4v) is 1.96. The number of rotatable bonds is 5. The lowest BCUT2D eigenvalue weighted by Crippen LogP contribution is -2.18. The molecule has 2 heterocycles. The Morgan fingerprint density at radius 3 is 2.82 bits per heavy atom. The number of ether oxygens (including phenoxy) is 1. The van der Waals surface area contributed by atoms with E-state index in [1.807, 2.05) is 24.4 Å². The molecular formula is C12H15N3OS. The molecule has 17 heavy (non-hydrogen) atoms. The third kappa shape index (κ3) is 3.80. The van der Waals surface area contributed by atoms with Gasteiger partial charge in [-0.05, 0) is 19.1 Å². The smallest absolute Gasteiger partial charge is 0.138 e. The van der Waals surface area contributed by atoms with Crippen LogP contribution in [0.25, 0.3) is 0 Å². The van der Waals surface area contributed by atoms with Gasteiger partial charge in [-0.25, -0.2) is 4.98 Å². The largest absolute Gasteiger partial charge is 0.486 e. The van der Waals surface area contributed by atoms with Crippen molar-refractivity contribution in [1.82, 2.24) is 9.97 Å². The number of pyridine rings is 1. The number of aromatic nitrogens is 2. The third-order valence-electron chi connectivity index (χ3n) is 2.20. The van der Waals surface area contributed by atoms with Crippen molar-refractivity contribution in [2.45, 2.75) is 26.0 Å². The molecule has 2 rings (SSSR count). The molecule has 1 unspecified atom stereocenters. The van der Waals surface area contributed by atoms with Crippen LogP contribution in [0.15, 0.2) is 29.2 Å². The molecule has 2 aromatic rings. The Labute approximate surface area is 104 Å². The van der Waals surface area contributed by atoms with Gasteiger partial charge in [-0.3, -0.25) is 4.98 Å². The number of thiazole rings is 1. The van der Waals surface area contributed by atoms with Crippen LogP contribution in [-0.4, -0.2) is 16.0 Å². The highest BCUT2D eigenvalue weighted by Gasteiger charge is 2.01. The molecule has 0 aliphatic rings. The summed E-state index contributed by atoms with van der Waals surface area (Å²) in [6.45, 7) is 2.45. The summed E-state index contributed by atoms with van der Waals surface area (Å²) in [7, 11) is 0. The number of nitrogens with two attached hydrogens (primary N) is 1. The first-order valence-corrected chi connectivity index (χ1v) is 6.38. The highest BCUT2D eigenvalue weighted by atomic mass is 32.1. The van der Waals surface area contributed by atoms with Gasteiger partial charge in [-0.2, -0.15) is 0 Å². The molecule has 0 spiro atoms. The third-order valence-corrected chi connectivity index (χ3v) is 2.83. The van der Waals surface area contributed by atoms with Crippen LogP contribution in [0.2, 0.25) is 0 Å². The van der Waals surface area contributed by atoms with Crippen LogP contribution in [0.5, 0.6) is 5.75 Å². The van der Waals surface area contributed by atoms with Crippen molar-refractivity contribution in [2.24, 2.45) is 5.73 Å². The minimum Gasteiger partial charge on any atom is -0.486 e. The highest BCUT2D eigenvalue weighted by Crippen LogP contribution is 2.12. The van der Waals surface area contributed by atoms with Crippen molar-refractivity contribution in [3.8, 4) is 5.75 Å². The Kier molecular flexibility index (Phi) is 4.06. The molecule has 0 saturated heterocycles. The van der Waals surface area contributed by atoms with E-state index in [4.69, 9.17) is 10.5 Å². The summed E-state index contributed by atoms with van der Waals surface area (Å²) >= 11 is 1.56. The van der Waals surface area contributed by atoms with Crippen molar-refractivity contribution >= 4 is 11.3 Å². The molecule has 0 bridgehead atoms. The van der Waals surface area contributed by atoms with Crippen LogP contribution in [0.4, 0.5) is 0 Å². The molecule has 0 radical (unpaired) electrons. The lowest BCUT2D eigenvalue weighted by molar-refractivity contribution is 0.300. The molecule has 2 N–H and O–H groups in total. The quantitative estimate of drug-likeness (QED) is 0.880. The fourth-order valence-electron chi connectivity index (χ4n) is 1.41. The van der Waals surface area contributed by atoms with Crippen molar-refractivity contribution in [3.05, 3.63) is 40.6 Å². The standard InChI is InChI=1S/C12H15N3OS/c1-9(13)4-10-2-3-12(5-14-10)16-6-11-7-17-8-15-11/h2-3,5,7-9H,4,6,13H2,1H3. The normalized spacial score (nSPS) is 12.4. The molecule has 0 aliphatic carbocycles. The fraction of sp³-hybridized carbons (Fsp3) is 0.333. The maximum atomic E-state index is 5.71. The summed E-state index contributed by atoms with van der Waals surface area (Å²) in [5, 5.41) is 1.97. The Hall–Kier alpha value is -1.46. The van der Waals surface area contributed by atoms with Crippen LogP contribution in [0, 0.1) is 0 Å². The second-order valence-corrected chi connectivity index (χ2v) is 4.65. The number of hydrogen-bond donors (Lipinski definition) is 1. The van der Waals surface area contributed by atoms with E-state index in [1.54, 1.807) is 23.0 Å². The first kappa shape index (κ1) is 12.0. The molecule has 90 valence electrons. The maximum absolute atomic E-state index is 5.71.